The smallest absolute Gasteiger partial charge is 0.255 e. The maximum atomic E-state index is 12.6. The molecule has 0 aromatic carbocycles. The van der Waals surface area contributed by atoms with Crippen molar-refractivity contribution in [2.24, 2.45) is 11.3 Å². The van der Waals surface area contributed by atoms with E-state index in [0.717, 1.165) is 0 Å². The first-order valence-corrected chi connectivity index (χ1v) is 7.04. The Balaban J connectivity index is 1.74. The second-order valence-corrected chi connectivity index (χ2v) is 5.78. The van der Waals surface area contributed by atoms with Crippen LogP contribution in [0, 0.1) is 11.3 Å². The van der Waals surface area contributed by atoms with Crippen LogP contribution in [0.2, 0.25) is 0 Å². The molecule has 114 valence electrons. The molecule has 0 unspecified atom stereocenters. The molecule has 21 heavy (non-hydrogen) atoms. The molecule has 1 amide bonds. The summed E-state index contributed by atoms with van der Waals surface area (Å²) >= 11 is 0. The number of likely N-dealkylation sites (tertiary alicyclic amines) is 1. The third-order valence-corrected chi connectivity index (χ3v) is 4.43. The molecule has 6 heteroatoms. The van der Waals surface area contributed by atoms with Crippen molar-refractivity contribution in [2.45, 2.75) is 0 Å². The Hall–Kier alpha value is -1.66. The molecule has 0 spiro atoms. The van der Waals surface area contributed by atoms with Crippen LogP contribution in [0.4, 0.5) is 0 Å². The van der Waals surface area contributed by atoms with E-state index < -0.39 is 0 Å². The van der Waals surface area contributed by atoms with Gasteiger partial charge in [0.25, 0.3) is 5.91 Å². The molecule has 1 aromatic rings. The largest absolute Gasteiger partial charge is 0.481 e. The number of nitrogens with zero attached hydrogens (tertiary/aromatic N) is 2. The van der Waals surface area contributed by atoms with E-state index in [4.69, 9.17) is 14.2 Å². The molecular formula is C15H20N2O4. The Morgan fingerprint density at radius 1 is 1.52 bits per heavy atom. The quantitative estimate of drug-likeness (QED) is 0.822. The van der Waals surface area contributed by atoms with Crippen molar-refractivity contribution in [1.82, 2.24) is 9.88 Å². The predicted molar refractivity (Wildman–Crippen MR) is 75.3 cm³/mol. The lowest BCUT2D eigenvalue weighted by molar-refractivity contribution is 0.0489. The van der Waals surface area contributed by atoms with E-state index in [1.54, 1.807) is 32.5 Å². The third kappa shape index (κ3) is 2.49. The van der Waals surface area contributed by atoms with Gasteiger partial charge in [-0.3, -0.25) is 4.79 Å². The molecule has 2 aliphatic heterocycles. The highest BCUT2D eigenvalue weighted by Gasteiger charge is 2.51. The number of amides is 1. The lowest BCUT2D eigenvalue weighted by Gasteiger charge is -2.25. The maximum absolute atomic E-state index is 12.6. The average molecular weight is 292 g/mol. The number of carbonyl (C=O) groups is 1. The van der Waals surface area contributed by atoms with Gasteiger partial charge in [0, 0.05) is 43.8 Å². The fourth-order valence-corrected chi connectivity index (χ4v) is 3.29. The second-order valence-electron chi connectivity index (χ2n) is 5.78. The Morgan fingerprint density at radius 3 is 3.05 bits per heavy atom. The summed E-state index contributed by atoms with van der Waals surface area (Å²) in [4.78, 5) is 18.6. The number of aromatic nitrogens is 1. The van der Waals surface area contributed by atoms with E-state index in [1.165, 1.54) is 0 Å². The van der Waals surface area contributed by atoms with Gasteiger partial charge in [-0.15, -0.1) is 0 Å². The molecule has 6 nitrogen and oxygen atoms in total. The summed E-state index contributed by atoms with van der Waals surface area (Å²) in [7, 11) is 3.25. The summed E-state index contributed by atoms with van der Waals surface area (Å²) < 4.78 is 15.9. The minimum atomic E-state index is -0.0513. The van der Waals surface area contributed by atoms with Crippen molar-refractivity contribution in [1.29, 1.82) is 0 Å². The van der Waals surface area contributed by atoms with Gasteiger partial charge in [-0.05, 0) is 6.07 Å². The second kappa shape index (κ2) is 5.61. The number of hydrogen-bond acceptors (Lipinski definition) is 5. The summed E-state index contributed by atoms with van der Waals surface area (Å²) in [6, 6.07) is 3.46. The first kappa shape index (κ1) is 14.3. The predicted octanol–water partition coefficient (Wildman–Crippen LogP) is 0.825. The number of hydrogen-bond donors (Lipinski definition) is 0. The molecule has 0 N–H and O–H groups in total. The van der Waals surface area contributed by atoms with Gasteiger partial charge in [-0.2, -0.15) is 0 Å². The Bertz CT molecular complexity index is 519. The van der Waals surface area contributed by atoms with Gasteiger partial charge in [0.2, 0.25) is 5.88 Å². The molecule has 0 bridgehead atoms. The van der Waals surface area contributed by atoms with Gasteiger partial charge in [0.1, 0.15) is 0 Å². The number of rotatable bonds is 4. The third-order valence-electron chi connectivity index (χ3n) is 4.43. The monoisotopic (exact) mass is 292 g/mol. The van der Waals surface area contributed by atoms with Crippen molar-refractivity contribution in [3.05, 3.63) is 23.9 Å². The zero-order valence-corrected chi connectivity index (χ0v) is 12.4. The first-order valence-electron chi connectivity index (χ1n) is 7.04. The Labute approximate surface area is 124 Å². The van der Waals surface area contributed by atoms with Gasteiger partial charge in [0.15, 0.2) is 0 Å². The van der Waals surface area contributed by atoms with Gasteiger partial charge in [0.05, 0.1) is 32.5 Å². The summed E-state index contributed by atoms with van der Waals surface area (Å²) in [6.45, 7) is 3.39. The van der Waals surface area contributed by atoms with Crippen LogP contribution in [0.25, 0.3) is 0 Å². The molecule has 0 aliphatic carbocycles. The van der Waals surface area contributed by atoms with Crippen LogP contribution in [-0.4, -0.2) is 62.9 Å². The van der Waals surface area contributed by atoms with Gasteiger partial charge in [-0.25, -0.2) is 4.98 Å². The average Bonchev–Trinajstić information content (AvgIpc) is 3.03. The summed E-state index contributed by atoms with van der Waals surface area (Å²) in [5.41, 5.74) is 0.536. The SMILES string of the molecule is COC[C@@]12COC[C@@H]1CN(C(=O)c1ccc(OC)nc1)C2. The first-order chi connectivity index (χ1) is 10.2. The van der Waals surface area contributed by atoms with Crippen LogP contribution in [0.1, 0.15) is 10.4 Å². The molecule has 3 rings (SSSR count). The molecule has 0 saturated carbocycles. The molecule has 3 heterocycles. The topological polar surface area (TPSA) is 60.9 Å². The van der Waals surface area contributed by atoms with E-state index in [2.05, 4.69) is 4.98 Å². The maximum Gasteiger partial charge on any atom is 0.255 e. The van der Waals surface area contributed by atoms with E-state index in [1.807, 2.05) is 4.90 Å². The van der Waals surface area contributed by atoms with Crippen molar-refractivity contribution in [3.8, 4) is 5.88 Å². The standard InChI is InChI=1S/C15H20N2O4/c1-19-9-15-8-17(6-12(15)7-21-10-15)14(18)11-3-4-13(20-2)16-5-11/h3-5,12H,6-10H2,1-2H3/t12-,15-/m0/s1. The van der Waals surface area contributed by atoms with Crippen LogP contribution in [0.5, 0.6) is 5.88 Å². The van der Waals surface area contributed by atoms with Crippen molar-refractivity contribution in [3.63, 3.8) is 0 Å². The Kier molecular flexibility index (Phi) is 3.82. The van der Waals surface area contributed by atoms with E-state index in [0.29, 0.717) is 50.3 Å². The van der Waals surface area contributed by atoms with Crippen molar-refractivity contribution in [2.75, 3.05) is 47.1 Å². The highest BCUT2D eigenvalue weighted by molar-refractivity contribution is 5.94. The Morgan fingerprint density at radius 2 is 2.38 bits per heavy atom. The van der Waals surface area contributed by atoms with Crippen molar-refractivity contribution < 1.29 is 19.0 Å². The molecular weight excluding hydrogens is 272 g/mol. The molecule has 2 saturated heterocycles. The molecule has 2 atom stereocenters. The number of methoxy groups -OCH3 is 2. The fourth-order valence-electron chi connectivity index (χ4n) is 3.29. The van der Waals surface area contributed by atoms with Gasteiger partial charge in [-0.1, -0.05) is 0 Å². The molecule has 2 aliphatic rings. The van der Waals surface area contributed by atoms with E-state index in [9.17, 15) is 4.79 Å². The van der Waals surface area contributed by atoms with Crippen LogP contribution in [-0.2, 0) is 9.47 Å². The van der Waals surface area contributed by atoms with Crippen LogP contribution >= 0.6 is 0 Å². The van der Waals surface area contributed by atoms with Gasteiger partial charge < -0.3 is 19.1 Å². The normalized spacial score (nSPS) is 27.7. The molecule has 0 radical (unpaired) electrons. The minimum absolute atomic E-state index is 0.00929. The summed E-state index contributed by atoms with van der Waals surface area (Å²) in [5, 5.41) is 0. The summed E-state index contributed by atoms with van der Waals surface area (Å²) in [5.74, 6) is 0.872. The van der Waals surface area contributed by atoms with Crippen LogP contribution < -0.4 is 4.74 Å². The number of carbonyl (C=O) groups excluding carboxylic acids is 1. The highest BCUT2D eigenvalue weighted by Crippen LogP contribution is 2.41. The fraction of sp³-hybridized carbons (Fsp3) is 0.600. The number of ether oxygens (including phenoxy) is 3. The van der Waals surface area contributed by atoms with Crippen LogP contribution in [0.15, 0.2) is 18.3 Å². The van der Waals surface area contributed by atoms with Gasteiger partial charge >= 0.3 is 0 Å². The minimum Gasteiger partial charge on any atom is -0.481 e. The van der Waals surface area contributed by atoms with E-state index >= 15 is 0 Å². The van der Waals surface area contributed by atoms with Crippen LogP contribution in [0.3, 0.4) is 0 Å². The highest BCUT2D eigenvalue weighted by atomic mass is 16.5. The summed E-state index contributed by atoms with van der Waals surface area (Å²) in [6.07, 6.45) is 1.56. The van der Waals surface area contributed by atoms with Crippen molar-refractivity contribution >= 4 is 5.91 Å². The lowest BCUT2D eigenvalue weighted by atomic mass is 9.82. The number of pyridine rings is 1. The van der Waals surface area contributed by atoms with E-state index in [-0.39, 0.29) is 11.3 Å². The molecule has 2 fully saturated rings. The zero-order chi connectivity index (χ0) is 14.9. The number of fused-ring (bicyclic) bond motifs is 1. The molecule has 1 aromatic heterocycles. The zero-order valence-electron chi connectivity index (χ0n) is 12.4. The lowest BCUT2D eigenvalue weighted by Crippen LogP contribution is -2.37.